The highest BCUT2D eigenvalue weighted by molar-refractivity contribution is 6.29. The van der Waals surface area contributed by atoms with Crippen LogP contribution < -0.4 is 11.1 Å². The molecule has 0 saturated heterocycles. The standard InChI is InChI=1S/C18H19ClN8/c19-16-9-23-18-22-7-11(10-26(16)18)14-5-6-27-15(14)8-21-17(25-27)24-13-3-1-12(20)2-4-13/h5-10,12-13H,1-4,20H2,(H,24,25)/t12-,13+. The average molecular weight is 383 g/mol. The fourth-order valence-electron chi connectivity index (χ4n) is 3.64. The predicted molar refractivity (Wildman–Crippen MR) is 104 cm³/mol. The minimum Gasteiger partial charge on any atom is -0.350 e. The molecule has 0 unspecified atom stereocenters. The summed E-state index contributed by atoms with van der Waals surface area (Å²) in [6, 6.07) is 2.71. The van der Waals surface area contributed by atoms with Crippen molar-refractivity contribution in [3.63, 3.8) is 0 Å². The highest BCUT2D eigenvalue weighted by Gasteiger charge is 2.19. The molecule has 9 heteroatoms. The fourth-order valence-corrected chi connectivity index (χ4v) is 3.81. The zero-order chi connectivity index (χ0) is 18.4. The molecule has 8 nitrogen and oxygen atoms in total. The Morgan fingerprint density at radius 2 is 1.89 bits per heavy atom. The van der Waals surface area contributed by atoms with E-state index in [-0.39, 0.29) is 0 Å². The molecule has 0 spiro atoms. The van der Waals surface area contributed by atoms with E-state index in [2.05, 4.69) is 25.4 Å². The Morgan fingerprint density at radius 1 is 1.07 bits per heavy atom. The topological polar surface area (TPSA) is 98.4 Å². The smallest absolute Gasteiger partial charge is 0.241 e. The number of nitrogens with one attached hydrogen (secondary N) is 1. The molecule has 0 atom stereocenters. The lowest BCUT2D eigenvalue weighted by Gasteiger charge is -2.26. The number of aromatic nitrogens is 6. The monoisotopic (exact) mass is 382 g/mol. The SMILES string of the molecule is N[C@H]1CC[C@@H](Nc2ncc3c(-c4cnc5ncc(Cl)n5c4)ccn3n2)CC1. The zero-order valence-corrected chi connectivity index (χ0v) is 15.3. The quantitative estimate of drug-likeness (QED) is 0.565. The summed E-state index contributed by atoms with van der Waals surface area (Å²) in [6.45, 7) is 0. The van der Waals surface area contributed by atoms with E-state index in [1.54, 1.807) is 16.8 Å². The van der Waals surface area contributed by atoms with E-state index < -0.39 is 0 Å². The van der Waals surface area contributed by atoms with Crippen LogP contribution >= 0.6 is 11.6 Å². The predicted octanol–water partition coefficient (Wildman–Crippen LogP) is 2.77. The van der Waals surface area contributed by atoms with E-state index >= 15 is 0 Å². The van der Waals surface area contributed by atoms with Crippen LogP contribution in [0.1, 0.15) is 25.7 Å². The minimum absolute atomic E-state index is 0.327. The van der Waals surface area contributed by atoms with Crippen molar-refractivity contribution in [2.24, 2.45) is 5.73 Å². The molecule has 138 valence electrons. The number of hydrogen-bond acceptors (Lipinski definition) is 6. The second-order valence-electron chi connectivity index (χ2n) is 6.99. The Hall–Kier alpha value is -2.71. The van der Waals surface area contributed by atoms with E-state index in [4.69, 9.17) is 17.3 Å². The first-order valence-electron chi connectivity index (χ1n) is 9.03. The summed E-state index contributed by atoms with van der Waals surface area (Å²) < 4.78 is 3.59. The third kappa shape index (κ3) is 3.00. The third-order valence-electron chi connectivity index (χ3n) is 5.15. The van der Waals surface area contributed by atoms with Crippen LogP contribution in [-0.4, -0.2) is 41.1 Å². The van der Waals surface area contributed by atoms with Crippen molar-refractivity contribution >= 4 is 28.8 Å². The van der Waals surface area contributed by atoms with Crippen molar-refractivity contribution in [3.05, 3.63) is 42.2 Å². The summed E-state index contributed by atoms with van der Waals surface area (Å²) in [5, 5.41) is 8.56. The van der Waals surface area contributed by atoms with Crippen LogP contribution in [0.15, 0.2) is 37.1 Å². The van der Waals surface area contributed by atoms with Crippen molar-refractivity contribution in [1.29, 1.82) is 0 Å². The molecular weight excluding hydrogens is 364 g/mol. The van der Waals surface area contributed by atoms with Gasteiger partial charge in [-0.2, -0.15) is 0 Å². The lowest BCUT2D eigenvalue weighted by Crippen LogP contribution is -2.33. The van der Waals surface area contributed by atoms with Gasteiger partial charge in [-0.05, 0) is 31.7 Å². The highest BCUT2D eigenvalue weighted by atomic mass is 35.5. The normalized spacial score (nSPS) is 20.4. The van der Waals surface area contributed by atoms with Gasteiger partial charge >= 0.3 is 0 Å². The first kappa shape index (κ1) is 16.5. The van der Waals surface area contributed by atoms with Crippen molar-refractivity contribution in [1.82, 2.24) is 29.0 Å². The number of anilines is 1. The van der Waals surface area contributed by atoms with Gasteiger partial charge in [0.25, 0.3) is 0 Å². The third-order valence-corrected chi connectivity index (χ3v) is 5.43. The lowest BCUT2D eigenvalue weighted by molar-refractivity contribution is 0.409. The van der Waals surface area contributed by atoms with Crippen molar-refractivity contribution in [2.75, 3.05) is 5.32 Å². The number of rotatable bonds is 3. The van der Waals surface area contributed by atoms with Gasteiger partial charge in [-0.25, -0.2) is 19.5 Å². The van der Waals surface area contributed by atoms with E-state index in [1.807, 2.05) is 29.2 Å². The summed E-state index contributed by atoms with van der Waals surface area (Å²) >= 11 is 6.16. The number of hydrogen-bond donors (Lipinski definition) is 2. The zero-order valence-electron chi connectivity index (χ0n) is 14.6. The Morgan fingerprint density at radius 3 is 2.74 bits per heavy atom. The molecule has 4 aromatic heterocycles. The van der Waals surface area contributed by atoms with E-state index in [1.165, 1.54) is 0 Å². The van der Waals surface area contributed by atoms with Crippen molar-refractivity contribution in [3.8, 4) is 11.1 Å². The number of imidazole rings is 1. The van der Waals surface area contributed by atoms with Crippen molar-refractivity contribution < 1.29 is 0 Å². The Balaban J connectivity index is 1.45. The molecule has 0 amide bonds. The van der Waals surface area contributed by atoms with Gasteiger partial charge in [0, 0.05) is 41.8 Å². The highest BCUT2D eigenvalue weighted by Crippen LogP contribution is 2.26. The van der Waals surface area contributed by atoms with Gasteiger partial charge in [-0.3, -0.25) is 4.40 Å². The van der Waals surface area contributed by atoms with Crippen LogP contribution in [0.5, 0.6) is 0 Å². The summed E-state index contributed by atoms with van der Waals surface area (Å²) in [5.74, 6) is 1.21. The molecular formula is C18H19ClN8. The van der Waals surface area contributed by atoms with Gasteiger partial charge in [0.15, 0.2) is 0 Å². The first-order chi connectivity index (χ1) is 13.2. The minimum atomic E-state index is 0.327. The summed E-state index contributed by atoms with van der Waals surface area (Å²) in [6.07, 6.45) is 13.2. The molecule has 3 N–H and O–H groups in total. The van der Waals surface area contributed by atoms with Crippen LogP contribution in [0.3, 0.4) is 0 Å². The molecule has 0 radical (unpaired) electrons. The van der Waals surface area contributed by atoms with Gasteiger partial charge < -0.3 is 11.1 Å². The second-order valence-corrected chi connectivity index (χ2v) is 7.38. The van der Waals surface area contributed by atoms with E-state index in [0.717, 1.165) is 42.3 Å². The molecule has 0 aliphatic heterocycles. The number of halogens is 1. The molecule has 0 bridgehead atoms. The molecule has 1 aliphatic rings. The molecule has 1 saturated carbocycles. The Labute approximate surface area is 160 Å². The van der Waals surface area contributed by atoms with Gasteiger partial charge in [0.1, 0.15) is 5.15 Å². The summed E-state index contributed by atoms with van der Waals surface area (Å²) in [5.41, 5.74) is 8.80. The van der Waals surface area contributed by atoms with Crippen LogP contribution in [0.2, 0.25) is 5.15 Å². The van der Waals surface area contributed by atoms with Crippen LogP contribution in [0, 0.1) is 0 Å². The number of fused-ring (bicyclic) bond motifs is 2. The lowest BCUT2D eigenvalue weighted by atomic mass is 9.92. The summed E-state index contributed by atoms with van der Waals surface area (Å²) in [4.78, 5) is 13.0. The molecule has 1 fully saturated rings. The molecule has 5 rings (SSSR count). The van der Waals surface area contributed by atoms with Gasteiger partial charge in [-0.1, -0.05) is 11.6 Å². The van der Waals surface area contributed by atoms with Crippen LogP contribution in [0.4, 0.5) is 5.95 Å². The Kier molecular flexibility index (Phi) is 3.95. The van der Waals surface area contributed by atoms with Crippen molar-refractivity contribution in [2.45, 2.75) is 37.8 Å². The van der Waals surface area contributed by atoms with Gasteiger partial charge in [0.2, 0.25) is 11.7 Å². The van der Waals surface area contributed by atoms with E-state index in [9.17, 15) is 0 Å². The van der Waals surface area contributed by atoms with E-state index in [0.29, 0.717) is 29.0 Å². The maximum atomic E-state index is 6.16. The van der Waals surface area contributed by atoms with Crippen LogP contribution in [-0.2, 0) is 0 Å². The van der Waals surface area contributed by atoms with Gasteiger partial charge in [0.05, 0.1) is 17.9 Å². The van der Waals surface area contributed by atoms with Gasteiger partial charge in [-0.15, -0.1) is 5.10 Å². The summed E-state index contributed by atoms with van der Waals surface area (Å²) in [7, 11) is 0. The molecule has 4 heterocycles. The second kappa shape index (κ2) is 6.47. The molecule has 1 aliphatic carbocycles. The molecule has 4 aromatic rings. The largest absolute Gasteiger partial charge is 0.350 e. The average Bonchev–Trinajstić information content (AvgIpc) is 3.27. The number of nitrogens with two attached hydrogens (primary N) is 1. The maximum absolute atomic E-state index is 6.16. The molecule has 0 aromatic carbocycles. The first-order valence-corrected chi connectivity index (χ1v) is 9.40. The number of nitrogens with zero attached hydrogens (tertiary/aromatic N) is 6. The fraction of sp³-hybridized carbons (Fsp3) is 0.333. The molecule has 27 heavy (non-hydrogen) atoms. The maximum Gasteiger partial charge on any atom is 0.241 e. The Bertz CT molecular complexity index is 1110. The van der Waals surface area contributed by atoms with Crippen LogP contribution in [0.25, 0.3) is 22.4 Å².